The molecule has 0 radical (unpaired) electrons. The van der Waals surface area contributed by atoms with E-state index in [-0.39, 0.29) is 12.3 Å². The fourth-order valence-corrected chi connectivity index (χ4v) is 2.51. The second-order valence-electron chi connectivity index (χ2n) is 5.34. The minimum Gasteiger partial charge on any atom is -0.480 e. The molecule has 0 saturated heterocycles. The van der Waals surface area contributed by atoms with Gasteiger partial charge < -0.3 is 15.5 Å². The number of benzene rings is 1. The highest BCUT2D eigenvalue weighted by atomic mass is 127. The summed E-state index contributed by atoms with van der Waals surface area (Å²) in [6.45, 7) is 3.77. The van der Waals surface area contributed by atoms with Crippen LogP contribution in [0.15, 0.2) is 24.3 Å². The summed E-state index contributed by atoms with van der Waals surface area (Å²) >= 11 is 2.13. The van der Waals surface area contributed by atoms with Crippen molar-refractivity contribution in [3.05, 3.63) is 33.4 Å². The van der Waals surface area contributed by atoms with Crippen LogP contribution in [0.4, 0.5) is 0 Å². The summed E-state index contributed by atoms with van der Waals surface area (Å²) < 4.78 is 0.943. The fraction of sp³-hybridized carbons (Fsp3) is 0.467. The van der Waals surface area contributed by atoms with Crippen molar-refractivity contribution >= 4 is 34.5 Å². The van der Waals surface area contributed by atoms with Gasteiger partial charge in [0.25, 0.3) is 0 Å². The number of aliphatic carboxylic acids is 1. The van der Waals surface area contributed by atoms with E-state index in [4.69, 9.17) is 0 Å². The number of amides is 1. The van der Waals surface area contributed by atoms with E-state index in [1.54, 1.807) is 0 Å². The Morgan fingerprint density at radius 2 is 1.90 bits per heavy atom. The maximum Gasteiger partial charge on any atom is 0.326 e. The van der Waals surface area contributed by atoms with Gasteiger partial charge in [0.15, 0.2) is 0 Å². The van der Waals surface area contributed by atoms with Gasteiger partial charge in [0, 0.05) is 9.99 Å². The van der Waals surface area contributed by atoms with Gasteiger partial charge in [-0.3, -0.25) is 4.79 Å². The Morgan fingerprint density at radius 3 is 2.43 bits per heavy atom. The van der Waals surface area contributed by atoms with Crippen molar-refractivity contribution in [2.75, 3.05) is 0 Å². The van der Waals surface area contributed by atoms with E-state index >= 15 is 0 Å². The number of carboxylic acid groups (broad SMARTS) is 1. The molecule has 0 aliphatic carbocycles. The zero-order valence-electron chi connectivity index (χ0n) is 12.0. The lowest BCUT2D eigenvalue weighted by Crippen LogP contribution is -2.47. The molecule has 1 rings (SSSR count). The van der Waals surface area contributed by atoms with Crippen LogP contribution in [-0.2, 0) is 16.0 Å². The van der Waals surface area contributed by atoms with Gasteiger partial charge in [-0.15, -0.1) is 0 Å². The third-order valence-electron chi connectivity index (χ3n) is 2.99. The van der Waals surface area contributed by atoms with Crippen molar-refractivity contribution in [3.63, 3.8) is 0 Å². The van der Waals surface area contributed by atoms with Gasteiger partial charge in [-0.1, -0.05) is 32.0 Å². The average molecular weight is 405 g/mol. The summed E-state index contributed by atoms with van der Waals surface area (Å²) in [6, 6.07) is 6.35. The number of rotatable bonds is 7. The van der Waals surface area contributed by atoms with Crippen molar-refractivity contribution in [2.45, 2.75) is 38.8 Å². The number of carbonyl (C=O) groups is 2. The predicted octanol–water partition coefficient (Wildman–Crippen LogP) is 1.81. The van der Waals surface area contributed by atoms with Crippen LogP contribution in [0.1, 0.15) is 25.8 Å². The normalized spacial score (nSPS) is 13.8. The molecule has 1 aromatic rings. The molecule has 1 aromatic carbocycles. The maximum atomic E-state index is 11.8. The van der Waals surface area contributed by atoms with Crippen LogP contribution in [0, 0.1) is 9.49 Å². The summed E-state index contributed by atoms with van der Waals surface area (Å²) in [7, 11) is 0. The Bertz CT molecular complexity index is 504. The van der Waals surface area contributed by atoms with Gasteiger partial charge in [0.2, 0.25) is 5.91 Å². The van der Waals surface area contributed by atoms with E-state index in [9.17, 15) is 19.8 Å². The monoisotopic (exact) mass is 405 g/mol. The second-order valence-corrected chi connectivity index (χ2v) is 6.50. The minimum atomic E-state index is -1.18. The lowest BCUT2D eigenvalue weighted by Gasteiger charge is -2.18. The molecule has 0 spiro atoms. The number of carboxylic acids is 1. The molecule has 5 nitrogen and oxygen atoms in total. The molecule has 6 heteroatoms. The lowest BCUT2D eigenvalue weighted by molar-refractivity contribution is -0.143. The number of aliphatic hydroxyl groups excluding tert-OH is 1. The molecule has 0 aliphatic rings. The zero-order chi connectivity index (χ0) is 16.0. The average Bonchev–Trinajstić information content (AvgIpc) is 2.39. The van der Waals surface area contributed by atoms with Gasteiger partial charge in [-0.25, -0.2) is 4.79 Å². The highest BCUT2D eigenvalue weighted by Crippen LogP contribution is 2.14. The Hall–Kier alpha value is -1.15. The molecule has 0 bridgehead atoms. The standard InChI is InChI=1S/C15H20INO4/c1-9(2)7-13(18)14(19)17-12(15(20)21)8-10-5-3-4-6-11(10)16/h3-6,9,12-13,18H,7-8H2,1-2H3,(H,17,19)(H,20,21)/t12-,13+/m0/s1. The first-order valence-electron chi connectivity index (χ1n) is 6.76. The number of aliphatic hydroxyl groups is 1. The molecule has 0 unspecified atom stereocenters. The molecule has 2 atom stereocenters. The number of hydrogen-bond donors (Lipinski definition) is 3. The van der Waals surface area contributed by atoms with Crippen LogP contribution in [-0.4, -0.2) is 34.2 Å². The maximum absolute atomic E-state index is 11.8. The highest BCUT2D eigenvalue weighted by molar-refractivity contribution is 14.1. The van der Waals surface area contributed by atoms with Crippen LogP contribution >= 0.6 is 22.6 Å². The number of nitrogens with one attached hydrogen (secondary N) is 1. The van der Waals surface area contributed by atoms with Crippen LogP contribution < -0.4 is 5.32 Å². The minimum absolute atomic E-state index is 0.157. The first-order chi connectivity index (χ1) is 9.81. The zero-order valence-corrected chi connectivity index (χ0v) is 14.2. The number of carbonyl (C=O) groups excluding carboxylic acids is 1. The molecule has 0 aromatic heterocycles. The van der Waals surface area contributed by atoms with E-state index in [0.717, 1.165) is 9.13 Å². The van der Waals surface area contributed by atoms with Crippen molar-refractivity contribution in [1.29, 1.82) is 0 Å². The first kappa shape index (κ1) is 17.9. The Kier molecular flexibility index (Phi) is 7.10. The lowest BCUT2D eigenvalue weighted by atomic mass is 10.0. The Labute approximate surface area is 137 Å². The van der Waals surface area contributed by atoms with Crippen molar-refractivity contribution in [3.8, 4) is 0 Å². The molecule has 0 heterocycles. The molecule has 1 amide bonds. The highest BCUT2D eigenvalue weighted by Gasteiger charge is 2.25. The van der Waals surface area contributed by atoms with Crippen molar-refractivity contribution in [2.24, 2.45) is 5.92 Å². The summed E-state index contributed by atoms with van der Waals surface area (Å²) in [5.74, 6) is -1.59. The molecule has 21 heavy (non-hydrogen) atoms. The molecule has 116 valence electrons. The van der Waals surface area contributed by atoms with Crippen molar-refractivity contribution in [1.82, 2.24) is 5.32 Å². The first-order valence-corrected chi connectivity index (χ1v) is 7.83. The van der Waals surface area contributed by atoms with Crippen LogP contribution in [0.5, 0.6) is 0 Å². The summed E-state index contributed by atoms with van der Waals surface area (Å²) in [6.07, 6.45) is -0.683. The number of hydrogen-bond acceptors (Lipinski definition) is 3. The second kappa shape index (κ2) is 8.33. The van der Waals surface area contributed by atoms with E-state index < -0.39 is 24.0 Å². The van der Waals surface area contributed by atoms with Crippen molar-refractivity contribution < 1.29 is 19.8 Å². The summed E-state index contributed by atoms with van der Waals surface area (Å²) in [4.78, 5) is 23.1. The third kappa shape index (κ3) is 6.01. The van der Waals surface area contributed by atoms with E-state index in [2.05, 4.69) is 27.9 Å². The molecular weight excluding hydrogens is 385 g/mol. The predicted molar refractivity (Wildman–Crippen MR) is 87.9 cm³/mol. The largest absolute Gasteiger partial charge is 0.480 e. The topological polar surface area (TPSA) is 86.6 Å². The smallest absolute Gasteiger partial charge is 0.326 e. The van der Waals surface area contributed by atoms with E-state index in [1.807, 2.05) is 38.1 Å². The molecule has 0 fully saturated rings. The van der Waals surface area contributed by atoms with Crippen LogP contribution in [0.25, 0.3) is 0 Å². The van der Waals surface area contributed by atoms with Crippen LogP contribution in [0.3, 0.4) is 0 Å². The number of halogens is 1. The van der Waals surface area contributed by atoms with Gasteiger partial charge >= 0.3 is 5.97 Å². The Morgan fingerprint density at radius 1 is 1.29 bits per heavy atom. The van der Waals surface area contributed by atoms with Gasteiger partial charge in [0.05, 0.1) is 0 Å². The Balaban J connectivity index is 2.73. The quantitative estimate of drug-likeness (QED) is 0.604. The van der Waals surface area contributed by atoms with Gasteiger partial charge in [-0.05, 0) is 46.6 Å². The summed E-state index contributed by atoms with van der Waals surface area (Å²) in [5.41, 5.74) is 0.851. The van der Waals surface area contributed by atoms with E-state index in [0.29, 0.717) is 6.42 Å². The molecule has 0 saturated carbocycles. The van der Waals surface area contributed by atoms with Gasteiger partial charge in [-0.2, -0.15) is 0 Å². The molecule has 3 N–H and O–H groups in total. The SMILES string of the molecule is CC(C)C[C@@H](O)C(=O)N[C@@H](Cc1ccccc1I)C(=O)O. The fourth-order valence-electron chi connectivity index (χ4n) is 1.91. The molecule has 0 aliphatic heterocycles. The van der Waals surface area contributed by atoms with E-state index in [1.165, 1.54) is 0 Å². The summed E-state index contributed by atoms with van der Waals surface area (Å²) in [5, 5.41) is 21.4. The van der Waals surface area contributed by atoms with Gasteiger partial charge in [0.1, 0.15) is 12.1 Å². The van der Waals surface area contributed by atoms with Crippen LogP contribution in [0.2, 0.25) is 0 Å². The third-order valence-corrected chi connectivity index (χ3v) is 4.05. The molecular formula is C15H20INO4.